The Labute approximate surface area is 129 Å². The average Bonchev–Trinajstić information content (AvgIpc) is 3.01. The van der Waals surface area contributed by atoms with E-state index in [4.69, 9.17) is 5.84 Å². The molecule has 112 valence electrons. The summed E-state index contributed by atoms with van der Waals surface area (Å²) >= 11 is 1.74. The first-order valence-electron chi connectivity index (χ1n) is 6.93. The summed E-state index contributed by atoms with van der Waals surface area (Å²) in [5.74, 6) is 5.17. The van der Waals surface area contributed by atoms with Crippen LogP contribution in [0.3, 0.4) is 0 Å². The minimum atomic E-state index is -0.383. The van der Waals surface area contributed by atoms with E-state index < -0.39 is 0 Å². The van der Waals surface area contributed by atoms with Crippen LogP contribution in [-0.2, 0) is 11.2 Å². The summed E-state index contributed by atoms with van der Waals surface area (Å²) in [6.45, 7) is 2.12. The number of nitrogens with zero attached hydrogens (tertiary/aromatic N) is 1. The van der Waals surface area contributed by atoms with Gasteiger partial charge in [0, 0.05) is 10.9 Å². The molecule has 3 N–H and O–H groups in total. The number of hydrogen-bond acceptors (Lipinski definition) is 4. The van der Waals surface area contributed by atoms with Gasteiger partial charge in [-0.05, 0) is 37.4 Å². The molecule has 0 fully saturated rings. The molecule has 0 aliphatic heterocycles. The van der Waals surface area contributed by atoms with Crippen LogP contribution in [0, 0.1) is 0 Å². The van der Waals surface area contributed by atoms with Crippen LogP contribution in [0.5, 0.6) is 0 Å². The van der Waals surface area contributed by atoms with Crippen LogP contribution in [0.1, 0.15) is 23.4 Å². The highest BCUT2D eigenvalue weighted by Gasteiger charge is 2.27. The fourth-order valence-corrected chi connectivity index (χ4v) is 3.23. The Morgan fingerprint density at radius 3 is 2.57 bits per heavy atom. The van der Waals surface area contributed by atoms with Crippen molar-refractivity contribution < 1.29 is 4.79 Å². The van der Waals surface area contributed by atoms with Crippen LogP contribution in [0.15, 0.2) is 47.8 Å². The standard InChI is InChI=1S/C16H21N3OS/c1-12(11-14-9-6-10-21-14)19(2)15(16(20)18-17)13-7-4-3-5-8-13/h3-10,12,15H,11,17H2,1-2H3,(H,18,20). The van der Waals surface area contributed by atoms with Gasteiger partial charge in [-0.15, -0.1) is 11.3 Å². The highest BCUT2D eigenvalue weighted by molar-refractivity contribution is 7.09. The third kappa shape index (κ3) is 3.91. The molecule has 0 saturated carbocycles. The fraction of sp³-hybridized carbons (Fsp3) is 0.312. The number of nitrogens with two attached hydrogens (primary N) is 1. The first-order chi connectivity index (χ1) is 10.1. The van der Waals surface area contributed by atoms with Gasteiger partial charge < -0.3 is 0 Å². The fourth-order valence-electron chi connectivity index (χ4n) is 2.40. The van der Waals surface area contributed by atoms with Gasteiger partial charge in [-0.1, -0.05) is 36.4 Å². The number of rotatable bonds is 6. The number of benzene rings is 1. The van der Waals surface area contributed by atoms with E-state index in [1.165, 1.54) is 4.88 Å². The van der Waals surface area contributed by atoms with Crippen LogP contribution in [0.2, 0.25) is 0 Å². The monoisotopic (exact) mass is 303 g/mol. The number of hydrogen-bond donors (Lipinski definition) is 2. The number of hydrazine groups is 1. The van der Waals surface area contributed by atoms with Crippen LogP contribution < -0.4 is 11.3 Å². The van der Waals surface area contributed by atoms with Crippen molar-refractivity contribution in [1.82, 2.24) is 10.3 Å². The number of carbonyl (C=O) groups is 1. The zero-order valence-electron chi connectivity index (χ0n) is 12.3. The average molecular weight is 303 g/mol. The molecule has 2 unspecified atom stereocenters. The summed E-state index contributed by atoms with van der Waals surface area (Å²) in [5.41, 5.74) is 3.23. The largest absolute Gasteiger partial charge is 0.293 e. The maximum absolute atomic E-state index is 12.2. The molecule has 0 radical (unpaired) electrons. The van der Waals surface area contributed by atoms with E-state index in [0.29, 0.717) is 0 Å². The van der Waals surface area contributed by atoms with Gasteiger partial charge in [-0.2, -0.15) is 0 Å². The molecule has 0 saturated heterocycles. The number of amides is 1. The summed E-state index contributed by atoms with van der Waals surface area (Å²) in [6, 6.07) is 13.7. The first-order valence-corrected chi connectivity index (χ1v) is 7.81. The van der Waals surface area contributed by atoms with Crippen molar-refractivity contribution in [3.05, 3.63) is 58.3 Å². The minimum absolute atomic E-state index is 0.193. The van der Waals surface area contributed by atoms with Crippen LogP contribution in [0.4, 0.5) is 0 Å². The third-order valence-electron chi connectivity index (χ3n) is 3.69. The van der Waals surface area contributed by atoms with E-state index in [1.54, 1.807) is 11.3 Å². The summed E-state index contributed by atoms with van der Waals surface area (Å²) in [6.07, 6.45) is 0.912. The normalized spacial score (nSPS) is 13.9. The molecule has 1 heterocycles. The third-order valence-corrected chi connectivity index (χ3v) is 4.58. The quantitative estimate of drug-likeness (QED) is 0.489. The molecular formula is C16H21N3OS. The van der Waals surface area contributed by atoms with E-state index >= 15 is 0 Å². The van der Waals surface area contributed by atoms with Gasteiger partial charge in [0.2, 0.25) is 0 Å². The first kappa shape index (κ1) is 15.7. The Balaban J connectivity index is 2.18. The zero-order chi connectivity index (χ0) is 15.2. The number of carbonyl (C=O) groups excluding carboxylic acids is 1. The van der Waals surface area contributed by atoms with Crippen molar-refractivity contribution in [2.75, 3.05) is 7.05 Å². The van der Waals surface area contributed by atoms with Gasteiger partial charge in [0.1, 0.15) is 6.04 Å². The Morgan fingerprint density at radius 2 is 2.00 bits per heavy atom. The van der Waals surface area contributed by atoms with E-state index in [1.807, 2.05) is 43.4 Å². The molecule has 0 bridgehead atoms. The predicted molar refractivity (Wildman–Crippen MR) is 86.8 cm³/mol. The maximum atomic E-state index is 12.2. The van der Waals surface area contributed by atoms with Crippen LogP contribution in [0.25, 0.3) is 0 Å². The number of thiophene rings is 1. The van der Waals surface area contributed by atoms with E-state index in [2.05, 4.69) is 28.7 Å². The lowest BCUT2D eigenvalue weighted by Crippen LogP contribution is -2.45. The Hall–Kier alpha value is -1.69. The molecule has 5 heteroatoms. The van der Waals surface area contributed by atoms with Crippen LogP contribution >= 0.6 is 11.3 Å². The maximum Gasteiger partial charge on any atom is 0.255 e. The van der Waals surface area contributed by atoms with Crippen molar-refractivity contribution in [2.24, 2.45) is 5.84 Å². The van der Waals surface area contributed by atoms with Gasteiger partial charge in [0.15, 0.2) is 0 Å². The molecule has 0 spiro atoms. The predicted octanol–water partition coefficient (Wildman–Crippen LogP) is 2.34. The molecule has 21 heavy (non-hydrogen) atoms. The Bertz CT molecular complexity index is 556. The molecule has 0 aliphatic rings. The number of likely N-dealkylation sites (N-methyl/N-ethyl adjacent to an activating group) is 1. The van der Waals surface area contributed by atoms with E-state index in [9.17, 15) is 4.79 Å². The molecule has 4 nitrogen and oxygen atoms in total. The van der Waals surface area contributed by atoms with Gasteiger partial charge in [-0.3, -0.25) is 15.1 Å². The molecule has 1 aromatic heterocycles. The summed E-state index contributed by atoms with van der Waals surface area (Å²) in [4.78, 5) is 15.6. The topological polar surface area (TPSA) is 58.4 Å². The summed E-state index contributed by atoms with van der Waals surface area (Å²) in [5, 5.41) is 2.07. The van der Waals surface area contributed by atoms with Gasteiger partial charge in [0.05, 0.1) is 0 Å². The number of nitrogens with one attached hydrogen (secondary N) is 1. The molecule has 0 aliphatic carbocycles. The van der Waals surface area contributed by atoms with Crippen LogP contribution in [-0.4, -0.2) is 23.9 Å². The van der Waals surface area contributed by atoms with E-state index in [-0.39, 0.29) is 18.0 Å². The lowest BCUT2D eigenvalue weighted by atomic mass is 10.0. The Morgan fingerprint density at radius 1 is 1.29 bits per heavy atom. The second-order valence-corrected chi connectivity index (χ2v) is 6.15. The second-order valence-electron chi connectivity index (χ2n) is 5.12. The minimum Gasteiger partial charge on any atom is -0.293 e. The lowest BCUT2D eigenvalue weighted by molar-refractivity contribution is -0.127. The van der Waals surface area contributed by atoms with Crippen molar-refractivity contribution in [3.8, 4) is 0 Å². The molecule has 1 amide bonds. The van der Waals surface area contributed by atoms with Crippen molar-refractivity contribution in [2.45, 2.75) is 25.4 Å². The molecule has 2 aromatic rings. The molecular weight excluding hydrogens is 282 g/mol. The van der Waals surface area contributed by atoms with Gasteiger partial charge in [-0.25, -0.2) is 5.84 Å². The second kappa shape index (κ2) is 7.36. The Kier molecular flexibility index (Phi) is 5.50. The zero-order valence-corrected chi connectivity index (χ0v) is 13.1. The molecule has 2 atom stereocenters. The summed E-state index contributed by atoms with van der Waals surface area (Å²) in [7, 11) is 1.96. The van der Waals surface area contributed by atoms with Gasteiger partial charge in [0.25, 0.3) is 5.91 Å². The highest BCUT2D eigenvalue weighted by atomic mass is 32.1. The highest BCUT2D eigenvalue weighted by Crippen LogP contribution is 2.23. The SMILES string of the molecule is CC(Cc1cccs1)N(C)C(C(=O)NN)c1ccccc1. The smallest absolute Gasteiger partial charge is 0.255 e. The van der Waals surface area contributed by atoms with E-state index in [0.717, 1.165) is 12.0 Å². The van der Waals surface area contributed by atoms with Crippen molar-refractivity contribution in [1.29, 1.82) is 0 Å². The lowest BCUT2D eigenvalue weighted by Gasteiger charge is -2.32. The van der Waals surface area contributed by atoms with Crippen molar-refractivity contribution >= 4 is 17.2 Å². The molecule has 1 aromatic carbocycles. The van der Waals surface area contributed by atoms with Gasteiger partial charge >= 0.3 is 0 Å². The van der Waals surface area contributed by atoms with Crippen molar-refractivity contribution in [3.63, 3.8) is 0 Å². The summed E-state index contributed by atoms with van der Waals surface area (Å²) < 4.78 is 0. The molecule has 2 rings (SSSR count).